The lowest BCUT2D eigenvalue weighted by Gasteiger charge is -2.15. The van der Waals surface area contributed by atoms with Gasteiger partial charge >= 0.3 is 0 Å². The van der Waals surface area contributed by atoms with Crippen LogP contribution in [0.5, 0.6) is 0 Å². The molecule has 0 saturated heterocycles. The molecule has 144 valence electrons. The number of rotatable bonds is 7. The Balaban J connectivity index is 1.70. The molecule has 2 N–H and O–H groups in total. The summed E-state index contributed by atoms with van der Waals surface area (Å²) >= 11 is 0. The van der Waals surface area contributed by atoms with E-state index in [4.69, 9.17) is 0 Å². The van der Waals surface area contributed by atoms with E-state index in [1.165, 1.54) is 18.3 Å². The fraction of sp³-hybridized carbons (Fsp3) is 0.100. The smallest absolute Gasteiger partial charge is 0.285 e. The highest BCUT2D eigenvalue weighted by Gasteiger charge is 2.18. The lowest BCUT2D eigenvalue weighted by atomic mass is 10.2. The number of anilines is 1. The molecule has 1 heterocycles. The monoisotopic (exact) mass is 397 g/mol. The van der Waals surface area contributed by atoms with E-state index in [0.29, 0.717) is 10.6 Å². The van der Waals surface area contributed by atoms with Crippen LogP contribution in [0.3, 0.4) is 0 Å². The molecule has 0 unspecified atom stereocenters. The van der Waals surface area contributed by atoms with Crippen molar-refractivity contribution in [1.29, 1.82) is 0 Å². The van der Waals surface area contributed by atoms with Crippen molar-refractivity contribution in [3.8, 4) is 0 Å². The molecule has 0 fully saturated rings. The van der Waals surface area contributed by atoms with E-state index in [9.17, 15) is 18.4 Å². The molecule has 1 aromatic heterocycles. The van der Waals surface area contributed by atoms with Crippen molar-refractivity contribution in [1.82, 2.24) is 10.0 Å². The summed E-state index contributed by atoms with van der Waals surface area (Å²) in [6, 6.07) is 20.5. The lowest BCUT2D eigenvalue weighted by molar-refractivity contribution is -0.0652. The SMILES string of the molecule is O=C(c1cc(NS(=O)(=O)Cc2ccccc2)ccn1)N(O)Cc1ccccc1. The van der Waals surface area contributed by atoms with Crippen molar-refractivity contribution in [2.24, 2.45) is 0 Å². The summed E-state index contributed by atoms with van der Waals surface area (Å²) in [5.41, 5.74) is 1.52. The number of carbonyl (C=O) groups is 1. The van der Waals surface area contributed by atoms with Crippen molar-refractivity contribution in [2.45, 2.75) is 12.3 Å². The van der Waals surface area contributed by atoms with E-state index in [0.717, 1.165) is 5.56 Å². The first kappa shape index (κ1) is 19.5. The lowest BCUT2D eigenvalue weighted by Crippen LogP contribution is -2.27. The third-order valence-corrected chi connectivity index (χ3v) is 5.12. The van der Waals surface area contributed by atoms with Crippen LogP contribution in [0.1, 0.15) is 21.6 Å². The number of benzene rings is 2. The number of pyridine rings is 1. The van der Waals surface area contributed by atoms with Crippen LogP contribution in [-0.2, 0) is 22.3 Å². The molecule has 0 saturated carbocycles. The van der Waals surface area contributed by atoms with Crippen LogP contribution in [0.25, 0.3) is 0 Å². The van der Waals surface area contributed by atoms with Gasteiger partial charge in [-0.25, -0.2) is 13.5 Å². The normalized spacial score (nSPS) is 11.0. The summed E-state index contributed by atoms with van der Waals surface area (Å²) in [5, 5.41) is 10.6. The number of aromatic nitrogens is 1. The van der Waals surface area contributed by atoms with Gasteiger partial charge in [0.25, 0.3) is 5.91 Å². The van der Waals surface area contributed by atoms with Crippen LogP contribution in [0.4, 0.5) is 5.69 Å². The van der Waals surface area contributed by atoms with Crippen LogP contribution in [-0.4, -0.2) is 29.6 Å². The average molecular weight is 397 g/mol. The number of hydroxylamine groups is 2. The van der Waals surface area contributed by atoms with Crippen molar-refractivity contribution < 1.29 is 18.4 Å². The molecular weight excluding hydrogens is 378 g/mol. The minimum absolute atomic E-state index is 0.00862. The molecule has 28 heavy (non-hydrogen) atoms. The van der Waals surface area contributed by atoms with Crippen molar-refractivity contribution in [3.63, 3.8) is 0 Å². The Bertz CT molecular complexity index is 1040. The molecule has 1 amide bonds. The van der Waals surface area contributed by atoms with Gasteiger partial charge in [-0.05, 0) is 23.3 Å². The Kier molecular flexibility index (Phi) is 6.03. The van der Waals surface area contributed by atoms with Gasteiger partial charge in [0.15, 0.2) is 0 Å². The second-order valence-electron chi connectivity index (χ2n) is 6.12. The second kappa shape index (κ2) is 8.64. The maximum atomic E-state index is 12.4. The number of sulfonamides is 1. The van der Waals surface area contributed by atoms with E-state index in [1.54, 1.807) is 54.6 Å². The molecule has 3 aromatic rings. The van der Waals surface area contributed by atoms with Crippen LogP contribution in [0, 0.1) is 0 Å². The summed E-state index contributed by atoms with van der Waals surface area (Å²) in [6.45, 7) is -0.00862. The van der Waals surface area contributed by atoms with Crippen molar-refractivity contribution in [3.05, 3.63) is 95.8 Å². The van der Waals surface area contributed by atoms with E-state index < -0.39 is 15.9 Å². The first-order valence-electron chi connectivity index (χ1n) is 8.48. The third-order valence-electron chi connectivity index (χ3n) is 3.86. The fourth-order valence-corrected chi connectivity index (χ4v) is 3.77. The van der Waals surface area contributed by atoms with Crippen LogP contribution in [0.2, 0.25) is 0 Å². The van der Waals surface area contributed by atoms with Crippen molar-refractivity contribution >= 4 is 21.6 Å². The summed E-state index contributed by atoms with van der Waals surface area (Å²) < 4.78 is 27.1. The van der Waals surface area contributed by atoms with E-state index in [1.807, 2.05) is 6.07 Å². The molecule has 0 aliphatic rings. The second-order valence-corrected chi connectivity index (χ2v) is 7.85. The predicted octanol–water partition coefficient (Wildman–Crippen LogP) is 3.06. The number of carbonyl (C=O) groups excluding carboxylic acids is 1. The van der Waals surface area contributed by atoms with Crippen molar-refractivity contribution in [2.75, 3.05) is 4.72 Å². The molecule has 2 aromatic carbocycles. The fourth-order valence-electron chi connectivity index (χ4n) is 2.58. The van der Waals surface area contributed by atoms with Gasteiger partial charge in [-0.15, -0.1) is 0 Å². The van der Waals surface area contributed by atoms with Gasteiger partial charge in [0.1, 0.15) is 5.69 Å². The zero-order valence-corrected chi connectivity index (χ0v) is 15.7. The summed E-state index contributed by atoms with van der Waals surface area (Å²) in [5.74, 6) is -0.924. The average Bonchev–Trinajstić information content (AvgIpc) is 2.68. The highest BCUT2D eigenvalue weighted by Crippen LogP contribution is 2.15. The predicted molar refractivity (Wildman–Crippen MR) is 105 cm³/mol. The van der Waals surface area contributed by atoms with Gasteiger partial charge in [0.2, 0.25) is 10.0 Å². The molecule has 0 bridgehead atoms. The quantitative estimate of drug-likeness (QED) is 0.471. The number of hydrogen-bond acceptors (Lipinski definition) is 5. The Labute approximate surface area is 163 Å². The van der Waals surface area contributed by atoms with Gasteiger partial charge < -0.3 is 0 Å². The zero-order chi connectivity index (χ0) is 20.0. The number of nitrogens with zero attached hydrogens (tertiary/aromatic N) is 2. The van der Waals surface area contributed by atoms with Gasteiger partial charge in [0.05, 0.1) is 18.0 Å². The maximum absolute atomic E-state index is 12.4. The molecule has 0 radical (unpaired) electrons. The zero-order valence-electron chi connectivity index (χ0n) is 14.9. The van der Waals surface area contributed by atoms with Crippen LogP contribution < -0.4 is 4.72 Å². The molecule has 8 heteroatoms. The highest BCUT2D eigenvalue weighted by atomic mass is 32.2. The first-order valence-corrected chi connectivity index (χ1v) is 10.1. The summed E-state index contributed by atoms with van der Waals surface area (Å²) in [7, 11) is -3.66. The van der Waals surface area contributed by atoms with Gasteiger partial charge in [-0.3, -0.25) is 19.7 Å². The number of amides is 1. The maximum Gasteiger partial charge on any atom is 0.296 e. The van der Waals surface area contributed by atoms with Gasteiger partial charge in [0, 0.05) is 6.20 Å². The van der Waals surface area contributed by atoms with E-state index in [2.05, 4.69) is 9.71 Å². The van der Waals surface area contributed by atoms with Gasteiger partial charge in [-0.2, -0.15) is 0 Å². The Hall–Kier alpha value is -3.23. The Morgan fingerprint density at radius 1 is 0.964 bits per heavy atom. The molecule has 0 aliphatic carbocycles. The topological polar surface area (TPSA) is 99.6 Å². The molecule has 7 nitrogen and oxygen atoms in total. The molecule has 0 atom stereocenters. The first-order chi connectivity index (χ1) is 13.4. The number of hydrogen-bond donors (Lipinski definition) is 2. The summed E-state index contributed by atoms with van der Waals surface area (Å²) in [4.78, 5) is 16.3. The third kappa shape index (κ3) is 5.38. The van der Waals surface area contributed by atoms with Crippen LogP contribution >= 0.6 is 0 Å². The Morgan fingerprint density at radius 2 is 1.57 bits per heavy atom. The highest BCUT2D eigenvalue weighted by molar-refractivity contribution is 7.91. The molecule has 0 spiro atoms. The van der Waals surface area contributed by atoms with Gasteiger partial charge in [-0.1, -0.05) is 60.7 Å². The minimum Gasteiger partial charge on any atom is -0.285 e. The van der Waals surface area contributed by atoms with E-state index in [-0.39, 0.29) is 23.7 Å². The number of nitrogens with one attached hydrogen (secondary N) is 1. The molecular formula is C20H19N3O4S. The standard InChI is InChI=1S/C20H19N3O4S/c24-20(23(25)14-16-7-3-1-4-8-16)19-13-18(11-12-21-19)22-28(26,27)15-17-9-5-2-6-10-17/h1-13,25H,14-15H2,(H,21,22). The van der Waals surface area contributed by atoms with E-state index >= 15 is 0 Å². The molecule has 0 aliphatic heterocycles. The largest absolute Gasteiger partial charge is 0.296 e. The Morgan fingerprint density at radius 3 is 2.21 bits per heavy atom. The van der Waals surface area contributed by atoms with Crippen LogP contribution in [0.15, 0.2) is 79.0 Å². The molecule has 3 rings (SSSR count). The minimum atomic E-state index is -3.66. The summed E-state index contributed by atoms with van der Waals surface area (Å²) in [6.07, 6.45) is 1.31.